The van der Waals surface area contributed by atoms with Crippen molar-refractivity contribution in [1.82, 2.24) is 24.7 Å². The minimum atomic E-state index is -2.70. The van der Waals surface area contributed by atoms with Crippen LogP contribution in [0, 0.1) is 5.82 Å². The minimum Gasteiger partial charge on any atom is -0.354 e. The Morgan fingerprint density at radius 1 is 1.21 bits per heavy atom. The number of carbonyl (C=O) groups is 1. The molecule has 0 spiro atoms. The van der Waals surface area contributed by atoms with Crippen molar-refractivity contribution >= 4 is 22.6 Å². The van der Waals surface area contributed by atoms with Crippen LogP contribution in [0.5, 0.6) is 0 Å². The second kappa shape index (κ2) is 6.80. The number of amides is 1. The van der Waals surface area contributed by atoms with Crippen LogP contribution >= 0.6 is 0 Å². The van der Waals surface area contributed by atoms with E-state index in [9.17, 15) is 18.0 Å². The second-order valence-electron chi connectivity index (χ2n) is 6.04. The maximum Gasteiger partial charge on any atom is 0.294 e. The topological polar surface area (TPSA) is 88.5 Å². The number of hydrogen-bond acceptors (Lipinski definition) is 4. The highest BCUT2D eigenvalue weighted by Crippen LogP contribution is 2.30. The standard InChI is InChI=1S/C18H13F3N6O/c1-27-17(23-8-24-27)18(28)26-15-6-13-10(7-22-15)5-14(25-13)11-4-9(16(20)21)2-3-12(11)19/h2-8,16,25H,1H3,(H,22,26,28). The Morgan fingerprint density at radius 2 is 2.04 bits per heavy atom. The average Bonchev–Trinajstić information content (AvgIpc) is 3.27. The molecule has 0 bridgehead atoms. The third-order valence-corrected chi connectivity index (χ3v) is 4.19. The molecule has 0 aliphatic heterocycles. The number of halogens is 3. The molecule has 1 aromatic carbocycles. The summed E-state index contributed by atoms with van der Waals surface area (Å²) in [7, 11) is 1.58. The molecule has 4 aromatic rings. The van der Waals surface area contributed by atoms with Crippen molar-refractivity contribution in [1.29, 1.82) is 0 Å². The fraction of sp³-hybridized carbons (Fsp3) is 0.111. The lowest BCUT2D eigenvalue weighted by Crippen LogP contribution is -2.18. The van der Waals surface area contributed by atoms with Gasteiger partial charge in [0.2, 0.25) is 5.82 Å². The lowest BCUT2D eigenvalue weighted by Gasteiger charge is -2.04. The summed E-state index contributed by atoms with van der Waals surface area (Å²) in [6, 6.07) is 6.32. The van der Waals surface area contributed by atoms with Crippen molar-refractivity contribution in [3.63, 3.8) is 0 Å². The van der Waals surface area contributed by atoms with Crippen LogP contribution in [0.2, 0.25) is 0 Å². The van der Waals surface area contributed by atoms with Gasteiger partial charge >= 0.3 is 0 Å². The third kappa shape index (κ3) is 3.20. The summed E-state index contributed by atoms with van der Waals surface area (Å²) in [4.78, 5) is 23.2. The highest BCUT2D eigenvalue weighted by molar-refractivity contribution is 6.02. The van der Waals surface area contributed by atoms with Gasteiger partial charge in [-0.15, -0.1) is 0 Å². The van der Waals surface area contributed by atoms with Crippen molar-refractivity contribution in [2.75, 3.05) is 5.32 Å². The molecule has 2 N–H and O–H groups in total. The van der Waals surface area contributed by atoms with Crippen molar-refractivity contribution in [2.24, 2.45) is 7.05 Å². The van der Waals surface area contributed by atoms with E-state index in [0.717, 1.165) is 18.2 Å². The van der Waals surface area contributed by atoms with Crippen molar-refractivity contribution in [3.8, 4) is 11.3 Å². The van der Waals surface area contributed by atoms with E-state index in [0.29, 0.717) is 16.6 Å². The molecule has 7 nitrogen and oxygen atoms in total. The zero-order chi connectivity index (χ0) is 19.8. The van der Waals surface area contributed by atoms with Crippen LogP contribution in [0.25, 0.3) is 22.2 Å². The number of aromatic amines is 1. The molecule has 0 saturated carbocycles. The number of hydrogen-bond donors (Lipinski definition) is 2. The summed E-state index contributed by atoms with van der Waals surface area (Å²) in [5.74, 6) is -0.760. The molecule has 0 radical (unpaired) electrons. The monoisotopic (exact) mass is 386 g/mol. The van der Waals surface area contributed by atoms with Crippen LogP contribution in [0.3, 0.4) is 0 Å². The molecule has 10 heteroatoms. The summed E-state index contributed by atoms with van der Waals surface area (Å²) in [6.45, 7) is 0. The number of aromatic nitrogens is 5. The van der Waals surface area contributed by atoms with Gasteiger partial charge in [-0.05, 0) is 18.2 Å². The van der Waals surface area contributed by atoms with Gasteiger partial charge in [-0.25, -0.2) is 27.8 Å². The smallest absolute Gasteiger partial charge is 0.294 e. The molecular weight excluding hydrogens is 373 g/mol. The fourth-order valence-electron chi connectivity index (χ4n) is 2.80. The summed E-state index contributed by atoms with van der Waals surface area (Å²) in [5.41, 5.74) is 0.636. The quantitative estimate of drug-likeness (QED) is 0.560. The molecule has 28 heavy (non-hydrogen) atoms. The first-order valence-electron chi connectivity index (χ1n) is 8.14. The fourth-order valence-corrected chi connectivity index (χ4v) is 2.80. The van der Waals surface area contributed by atoms with E-state index >= 15 is 0 Å². The van der Waals surface area contributed by atoms with Gasteiger partial charge in [0.1, 0.15) is 18.0 Å². The number of pyridine rings is 1. The molecule has 0 saturated heterocycles. The largest absolute Gasteiger partial charge is 0.354 e. The lowest BCUT2D eigenvalue weighted by atomic mass is 10.1. The highest BCUT2D eigenvalue weighted by atomic mass is 19.3. The number of nitrogens with zero attached hydrogens (tertiary/aromatic N) is 4. The maximum absolute atomic E-state index is 14.1. The van der Waals surface area contributed by atoms with Crippen molar-refractivity contribution in [2.45, 2.75) is 6.43 Å². The molecule has 0 unspecified atom stereocenters. The van der Waals surface area contributed by atoms with E-state index in [4.69, 9.17) is 0 Å². The lowest BCUT2D eigenvalue weighted by molar-refractivity contribution is 0.101. The first kappa shape index (κ1) is 17.7. The van der Waals surface area contributed by atoms with Crippen molar-refractivity contribution < 1.29 is 18.0 Å². The highest BCUT2D eigenvalue weighted by Gasteiger charge is 2.16. The molecule has 3 heterocycles. The number of benzene rings is 1. The van der Waals surface area contributed by atoms with Gasteiger partial charge in [0, 0.05) is 41.5 Å². The molecule has 1 amide bonds. The number of H-pyrrole nitrogens is 1. The first-order chi connectivity index (χ1) is 13.4. The van der Waals surface area contributed by atoms with E-state index in [1.54, 1.807) is 19.2 Å². The third-order valence-electron chi connectivity index (χ3n) is 4.19. The van der Waals surface area contributed by atoms with E-state index in [1.165, 1.54) is 17.2 Å². The molecular formula is C18H13F3N6O. The Hall–Kier alpha value is -3.69. The normalized spacial score (nSPS) is 11.3. The Morgan fingerprint density at radius 3 is 2.75 bits per heavy atom. The zero-order valence-electron chi connectivity index (χ0n) is 14.4. The van der Waals surface area contributed by atoms with Gasteiger partial charge in [-0.1, -0.05) is 6.07 Å². The van der Waals surface area contributed by atoms with Crippen LogP contribution in [-0.4, -0.2) is 30.6 Å². The maximum atomic E-state index is 14.1. The van der Waals surface area contributed by atoms with Crippen LogP contribution in [0.4, 0.5) is 19.0 Å². The predicted octanol–water partition coefficient (Wildman–Crippen LogP) is 3.69. The van der Waals surface area contributed by atoms with E-state index < -0.39 is 18.1 Å². The van der Waals surface area contributed by atoms with Gasteiger partial charge in [0.15, 0.2) is 0 Å². The average molecular weight is 386 g/mol. The summed E-state index contributed by atoms with van der Waals surface area (Å²) in [6.07, 6.45) is 0.0363. The number of aryl methyl sites for hydroxylation is 1. The van der Waals surface area contributed by atoms with Gasteiger partial charge in [0.05, 0.1) is 5.52 Å². The van der Waals surface area contributed by atoms with Gasteiger partial charge in [0.25, 0.3) is 12.3 Å². The number of carbonyl (C=O) groups excluding carboxylic acids is 1. The van der Waals surface area contributed by atoms with Crippen LogP contribution in [-0.2, 0) is 7.05 Å². The number of alkyl halides is 2. The molecule has 0 aliphatic carbocycles. The van der Waals surface area contributed by atoms with Gasteiger partial charge in [-0.3, -0.25) is 4.79 Å². The zero-order valence-corrected chi connectivity index (χ0v) is 14.4. The number of nitrogens with one attached hydrogen (secondary N) is 2. The predicted molar refractivity (Wildman–Crippen MR) is 95.4 cm³/mol. The van der Waals surface area contributed by atoms with E-state index in [2.05, 4.69) is 25.4 Å². The first-order valence-corrected chi connectivity index (χ1v) is 8.14. The summed E-state index contributed by atoms with van der Waals surface area (Å²) in [5, 5.41) is 7.05. The van der Waals surface area contributed by atoms with Crippen LogP contribution < -0.4 is 5.32 Å². The molecule has 0 aliphatic rings. The van der Waals surface area contributed by atoms with Gasteiger partial charge < -0.3 is 10.3 Å². The number of fused-ring (bicyclic) bond motifs is 1. The van der Waals surface area contributed by atoms with Crippen LogP contribution in [0.15, 0.2) is 42.9 Å². The Balaban J connectivity index is 1.67. The molecule has 0 fully saturated rings. The molecule has 0 atom stereocenters. The van der Waals surface area contributed by atoms with Crippen molar-refractivity contribution in [3.05, 3.63) is 60.1 Å². The van der Waals surface area contributed by atoms with Gasteiger partial charge in [-0.2, -0.15) is 5.10 Å². The number of rotatable bonds is 4. The minimum absolute atomic E-state index is 0.0265. The second-order valence-corrected chi connectivity index (χ2v) is 6.04. The van der Waals surface area contributed by atoms with Crippen LogP contribution in [0.1, 0.15) is 22.6 Å². The Kier molecular flexibility index (Phi) is 4.30. The summed E-state index contributed by atoms with van der Waals surface area (Å²) < 4.78 is 41.3. The number of anilines is 1. The Bertz CT molecular complexity index is 1180. The SMILES string of the molecule is Cn1ncnc1C(=O)Nc1cc2[nH]c(-c3cc(C(F)F)ccc3F)cc2cn1. The van der Waals surface area contributed by atoms with E-state index in [-0.39, 0.29) is 22.8 Å². The molecule has 142 valence electrons. The molecule has 4 rings (SSSR count). The summed E-state index contributed by atoms with van der Waals surface area (Å²) >= 11 is 0. The Labute approximate surface area is 156 Å². The van der Waals surface area contributed by atoms with E-state index in [1.807, 2.05) is 0 Å². The molecule has 3 aromatic heterocycles.